The van der Waals surface area contributed by atoms with E-state index < -0.39 is 0 Å². The smallest absolute Gasteiger partial charge is 0.124 e. The number of amidine groups is 1. The third-order valence-electron chi connectivity index (χ3n) is 3.62. The molecule has 1 fully saturated rings. The Morgan fingerprint density at radius 3 is 2.79 bits per heavy atom. The monoisotopic (exact) mass is 277 g/mol. The van der Waals surface area contributed by atoms with Gasteiger partial charge in [-0.15, -0.1) is 0 Å². The van der Waals surface area contributed by atoms with Crippen molar-refractivity contribution in [2.45, 2.75) is 31.9 Å². The highest BCUT2D eigenvalue weighted by atomic mass is 32.2. The maximum absolute atomic E-state index is 7.77. The number of hydrogen-bond donors (Lipinski definition) is 2. The normalized spacial score (nSPS) is 19.0. The number of hydrogen-bond acceptors (Lipinski definition) is 3. The van der Waals surface area contributed by atoms with E-state index in [-0.39, 0.29) is 5.84 Å². The van der Waals surface area contributed by atoms with E-state index in [0.29, 0.717) is 4.75 Å². The van der Waals surface area contributed by atoms with Gasteiger partial charge in [0.2, 0.25) is 0 Å². The summed E-state index contributed by atoms with van der Waals surface area (Å²) < 4.78 is 0.343. The van der Waals surface area contributed by atoms with E-state index in [1.165, 1.54) is 0 Å². The van der Waals surface area contributed by atoms with E-state index in [4.69, 9.17) is 11.1 Å². The minimum atomic E-state index is 0.162. The van der Waals surface area contributed by atoms with E-state index in [9.17, 15) is 0 Å². The van der Waals surface area contributed by atoms with Gasteiger partial charge in [0.15, 0.2) is 0 Å². The first-order chi connectivity index (χ1) is 8.89. The average molecular weight is 277 g/mol. The molecule has 1 heterocycles. The molecule has 19 heavy (non-hydrogen) atoms. The summed E-state index contributed by atoms with van der Waals surface area (Å²) in [5.74, 6) is 1.29. The number of anilines is 1. The fourth-order valence-electron chi connectivity index (χ4n) is 2.40. The van der Waals surface area contributed by atoms with Gasteiger partial charge in [0.25, 0.3) is 0 Å². The second kappa shape index (κ2) is 5.45. The van der Waals surface area contributed by atoms with Crippen LogP contribution in [0.3, 0.4) is 0 Å². The van der Waals surface area contributed by atoms with Crippen molar-refractivity contribution in [2.75, 3.05) is 23.7 Å². The van der Waals surface area contributed by atoms with Crippen molar-refractivity contribution < 1.29 is 0 Å². The van der Waals surface area contributed by atoms with Gasteiger partial charge in [-0.1, -0.05) is 25.5 Å². The van der Waals surface area contributed by atoms with Crippen molar-refractivity contribution >= 4 is 23.3 Å². The van der Waals surface area contributed by atoms with Crippen molar-refractivity contribution in [3.05, 3.63) is 29.3 Å². The minimum absolute atomic E-state index is 0.162. The van der Waals surface area contributed by atoms with Crippen molar-refractivity contribution in [1.29, 1.82) is 5.41 Å². The molecule has 1 aromatic rings. The zero-order valence-corrected chi connectivity index (χ0v) is 12.8. The lowest BCUT2D eigenvalue weighted by Gasteiger charge is -2.26. The van der Waals surface area contributed by atoms with Gasteiger partial charge in [-0.2, -0.15) is 11.8 Å². The number of thioether (sulfide) groups is 1. The molecule has 0 radical (unpaired) electrons. The van der Waals surface area contributed by atoms with Crippen LogP contribution < -0.4 is 10.6 Å². The lowest BCUT2D eigenvalue weighted by Crippen LogP contribution is -2.29. The summed E-state index contributed by atoms with van der Waals surface area (Å²) in [4.78, 5) is 2.37. The van der Waals surface area contributed by atoms with Crippen LogP contribution >= 0.6 is 11.8 Å². The molecule has 0 atom stereocenters. The predicted molar refractivity (Wildman–Crippen MR) is 85.6 cm³/mol. The highest BCUT2D eigenvalue weighted by Crippen LogP contribution is 2.33. The Labute approximate surface area is 120 Å². The molecule has 0 spiro atoms. The van der Waals surface area contributed by atoms with Crippen LogP contribution in [0.2, 0.25) is 0 Å². The Bertz CT molecular complexity index is 482. The predicted octanol–water partition coefficient (Wildman–Crippen LogP) is 3.00. The zero-order valence-electron chi connectivity index (χ0n) is 12.0. The molecule has 1 aromatic carbocycles. The molecule has 0 unspecified atom stereocenters. The molecule has 2 rings (SSSR count). The maximum Gasteiger partial charge on any atom is 0.124 e. The topological polar surface area (TPSA) is 53.1 Å². The molecular weight excluding hydrogens is 254 g/mol. The molecule has 1 saturated heterocycles. The molecule has 3 N–H and O–H groups in total. The highest BCUT2D eigenvalue weighted by Gasteiger charge is 2.24. The van der Waals surface area contributed by atoms with Gasteiger partial charge < -0.3 is 10.6 Å². The lowest BCUT2D eigenvalue weighted by molar-refractivity contribution is 0.637. The van der Waals surface area contributed by atoms with Crippen LogP contribution in [0.1, 0.15) is 31.4 Å². The van der Waals surface area contributed by atoms with E-state index in [1.54, 1.807) is 0 Å². The standard InChI is InChI=1S/C15H23N3S/c1-11-4-5-13(12(10-11)14(16)17)18-7-6-15(2,3)19-9-8-18/h4-5,10H,6-9H2,1-3H3,(H3,16,17). The molecule has 104 valence electrons. The number of rotatable bonds is 2. The second-order valence-electron chi connectivity index (χ2n) is 5.78. The summed E-state index contributed by atoms with van der Waals surface area (Å²) in [7, 11) is 0. The van der Waals surface area contributed by atoms with Gasteiger partial charge >= 0.3 is 0 Å². The summed E-state index contributed by atoms with van der Waals surface area (Å²) in [5.41, 5.74) is 8.86. The summed E-state index contributed by atoms with van der Waals surface area (Å²) in [6.07, 6.45) is 1.16. The largest absolute Gasteiger partial charge is 0.384 e. The van der Waals surface area contributed by atoms with Crippen molar-refractivity contribution in [3.8, 4) is 0 Å². The fourth-order valence-corrected chi connectivity index (χ4v) is 3.50. The Morgan fingerprint density at radius 2 is 2.11 bits per heavy atom. The molecule has 0 bridgehead atoms. The number of aryl methyl sites for hydroxylation is 1. The average Bonchev–Trinajstić information content (AvgIpc) is 2.50. The van der Waals surface area contributed by atoms with Gasteiger partial charge in [-0.25, -0.2) is 0 Å². The summed E-state index contributed by atoms with van der Waals surface area (Å²) in [6.45, 7) is 8.71. The maximum atomic E-state index is 7.77. The van der Waals surface area contributed by atoms with Crippen LogP contribution in [0.4, 0.5) is 5.69 Å². The van der Waals surface area contributed by atoms with Crippen LogP contribution in [-0.4, -0.2) is 29.4 Å². The molecule has 4 heteroatoms. The van der Waals surface area contributed by atoms with Crippen molar-refractivity contribution in [2.24, 2.45) is 5.73 Å². The Hall–Kier alpha value is -1.16. The van der Waals surface area contributed by atoms with Gasteiger partial charge in [0.1, 0.15) is 5.84 Å². The number of nitrogens with zero attached hydrogens (tertiary/aromatic N) is 1. The summed E-state index contributed by atoms with van der Waals surface area (Å²) in [5, 5.41) is 7.77. The highest BCUT2D eigenvalue weighted by molar-refractivity contribution is 8.00. The lowest BCUT2D eigenvalue weighted by atomic mass is 10.1. The molecule has 0 saturated carbocycles. The van der Waals surface area contributed by atoms with Crippen LogP contribution in [-0.2, 0) is 0 Å². The molecular formula is C15H23N3S. The third kappa shape index (κ3) is 3.44. The first-order valence-electron chi connectivity index (χ1n) is 6.73. The van der Waals surface area contributed by atoms with Crippen LogP contribution in [0.25, 0.3) is 0 Å². The van der Waals surface area contributed by atoms with Crippen molar-refractivity contribution in [3.63, 3.8) is 0 Å². The van der Waals surface area contributed by atoms with Crippen molar-refractivity contribution in [1.82, 2.24) is 0 Å². The van der Waals surface area contributed by atoms with E-state index >= 15 is 0 Å². The zero-order chi connectivity index (χ0) is 14.0. The molecule has 0 aromatic heterocycles. The Morgan fingerprint density at radius 1 is 1.37 bits per heavy atom. The number of benzene rings is 1. The second-order valence-corrected chi connectivity index (χ2v) is 7.58. The quantitative estimate of drug-likeness (QED) is 0.645. The Balaban J connectivity index is 2.29. The van der Waals surface area contributed by atoms with E-state index in [1.807, 2.05) is 24.8 Å². The number of nitrogen functional groups attached to an aromatic ring is 1. The molecule has 3 nitrogen and oxygen atoms in total. The summed E-state index contributed by atoms with van der Waals surface area (Å²) in [6, 6.07) is 6.22. The molecule has 0 aliphatic carbocycles. The van der Waals surface area contributed by atoms with Gasteiger partial charge in [0.05, 0.1) is 0 Å². The van der Waals surface area contributed by atoms with Crippen LogP contribution in [0.15, 0.2) is 18.2 Å². The van der Waals surface area contributed by atoms with E-state index in [2.05, 4.69) is 30.9 Å². The first-order valence-corrected chi connectivity index (χ1v) is 7.71. The molecule has 1 aliphatic heterocycles. The van der Waals surface area contributed by atoms with Gasteiger partial charge in [0, 0.05) is 34.8 Å². The SMILES string of the molecule is Cc1ccc(N2CCSC(C)(C)CC2)c(C(=N)N)c1. The minimum Gasteiger partial charge on any atom is -0.384 e. The van der Waals surface area contributed by atoms with Crippen LogP contribution in [0, 0.1) is 12.3 Å². The van der Waals surface area contributed by atoms with Gasteiger partial charge in [-0.3, -0.25) is 5.41 Å². The number of nitrogens with two attached hydrogens (primary N) is 1. The Kier molecular flexibility index (Phi) is 4.09. The first kappa shape index (κ1) is 14.3. The van der Waals surface area contributed by atoms with Gasteiger partial charge in [-0.05, 0) is 25.5 Å². The van der Waals surface area contributed by atoms with E-state index in [0.717, 1.165) is 42.1 Å². The summed E-state index contributed by atoms with van der Waals surface area (Å²) >= 11 is 2.03. The fraction of sp³-hybridized carbons (Fsp3) is 0.533. The third-order valence-corrected chi connectivity index (χ3v) is 4.99. The molecule has 1 aliphatic rings. The molecule has 0 amide bonds. The number of nitrogens with one attached hydrogen (secondary N) is 1. The van der Waals surface area contributed by atoms with Crippen LogP contribution in [0.5, 0.6) is 0 Å².